The minimum Gasteiger partial charge on any atom is -0.465 e. The fourth-order valence-electron chi connectivity index (χ4n) is 2.01. The Bertz CT molecular complexity index is 529. The monoisotopic (exact) mass is 296 g/mol. The van der Waals surface area contributed by atoms with Gasteiger partial charge in [0.15, 0.2) is 0 Å². The summed E-state index contributed by atoms with van der Waals surface area (Å²) in [7, 11) is 1.28. The highest BCUT2D eigenvalue weighted by Crippen LogP contribution is 2.33. The first kappa shape index (κ1) is 14.8. The predicted molar refractivity (Wildman–Crippen MR) is 76.7 cm³/mol. The summed E-state index contributed by atoms with van der Waals surface area (Å²) >= 11 is 5.85. The van der Waals surface area contributed by atoms with Crippen LogP contribution >= 0.6 is 11.6 Å². The van der Waals surface area contributed by atoms with Gasteiger partial charge in [0.1, 0.15) is 0 Å². The molecule has 20 heavy (non-hydrogen) atoms. The lowest BCUT2D eigenvalue weighted by Gasteiger charge is -2.13. The lowest BCUT2D eigenvalue weighted by molar-refractivity contribution is -0.116. The molecular weight excluding hydrogens is 280 g/mol. The van der Waals surface area contributed by atoms with Crippen molar-refractivity contribution in [2.45, 2.75) is 25.3 Å². The first-order chi connectivity index (χ1) is 9.51. The smallest absolute Gasteiger partial charge is 0.340 e. The molecule has 5 nitrogen and oxygen atoms in total. The zero-order chi connectivity index (χ0) is 14.7. The molecule has 2 rings (SSSR count). The van der Waals surface area contributed by atoms with Gasteiger partial charge in [0.05, 0.1) is 18.4 Å². The SMILES string of the molecule is COC(=O)c1cc(Cl)ccc1NC(=O)CC(N)C1CC1. The van der Waals surface area contributed by atoms with Crippen LogP contribution in [0.3, 0.4) is 0 Å². The molecule has 0 spiro atoms. The van der Waals surface area contributed by atoms with E-state index in [1.165, 1.54) is 13.2 Å². The number of anilines is 1. The zero-order valence-corrected chi connectivity index (χ0v) is 11.9. The summed E-state index contributed by atoms with van der Waals surface area (Å²) in [5.41, 5.74) is 6.52. The highest BCUT2D eigenvalue weighted by Gasteiger charge is 2.30. The third-order valence-corrected chi connectivity index (χ3v) is 3.54. The highest BCUT2D eigenvalue weighted by molar-refractivity contribution is 6.31. The maximum Gasteiger partial charge on any atom is 0.340 e. The van der Waals surface area contributed by atoms with Gasteiger partial charge in [-0.05, 0) is 37.0 Å². The summed E-state index contributed by atoms with van der Waals surface area (Å²) in [6.07, 6.45) is 2.42. The van der Waals surface area contributed by atoms with E-state index in [-0.39, 0.29) is 23.9 Å². The number of carbonyl (C=O) groups is 2. The molecule has 0 bridgehead atoms. The van der Waals surface area contributed by atoms with Crippen LogP contribution < -0.4 is 11.1 Å². The molecule has 1 fully saturated rings. The molecule has 1 aliphatic carbocycles. The van der Waals surface area contributed by atoms with Gasteiger partial charge in [0.25, 0.3) is 0 Å². The lowest BCUT2D eigenvalue weighted by atomic mass is 10.1. The van der Waals surface area contributed by atoms with Crippen molar-refractivity contribution in [3.63, 3.8) is 0 Å². The first-order valence-electron chi connectivity index (χ1n) is 6.44. The molecule has 1 amide bonds. The molecule has 0 aliphatic heterocycles. The van der Waals surface area contributed by atoms with Gasteiger partial charge in [-0.15, -0.1) is 0 Å². The quantitative estimate of drug-likeness (QED) is 0.816. The average molecular weight is 297 g/mol. The average Bonchev–Trinajstić information content (AvgIpc) is 3.24. The minimum atomic E-state index is -0.547. The van der Waals surface area contributed by atoms with E-state index in [2.05, 4.69) is 10.1 Å². The van der Waals surface area contributed by atoms with Crippen molar-refractivity contribution in [3.05, 3.63) is 28.8 Å². The topological polar surface area (TPSA) is 81.4 Å². The molecule has 0 saturated heterocycles. The first-order valence-corrected chi connectivity index (χ1v) is 6.82. The standard InChI is InChI=1S/C14H17ClN2O3/c1-20-14(19)10-6-9(15)4-5-12(10)17-13(18)7-11(16)8-2-3-8/h4-6,8,11H,2-3,7,16H2,1H3,(H,17,18). The van der Waals surface area contributed by atoms with Gasteiger partial charge >= 0.3 is 5.97 Å². The number of carbonyl (C=O) groups excluding carboxylic acids is 2. The van der Waals surface area contributed by atoms with Crippen LogP contribution in [0.1, 0.15) is 29.6 Å². The summed E-state index contributed by atoms with van der Waals surface area (Å²) in [4.78, 5) is 23.6. The number of nitrogens with one attached hydrogen (secondary N) is 1. The van der Waals surface area contributed by atoms with E-state index >= 15 is 0 Å². The Morgan fingerprint density at radius 1 is 1.50 bits per heavy atom. The molecule has 3 N–H and O–H groups in total. The number of hydrogen-bond acceptors (Lipinski definition) is 4. The molecule has 6 heteroatoms. The van der Waals surface area contributed by atoms with E-state index < -0.39 is 5.97 Å². The molecule has 1 atom stereocenters. The Morgan fingerprint density at radius 3 is 2.80 bits per heavy atom. The van der Waals surface area contributed by atoms with Gasteiger partial charge in [-0.25, -0.2) is 4.79 Å². The molecule has 1 unspecified atom stereocenters. The number of rotatable bonds is 5. The van der Waals surface area contributed by atoms with Crippen molar-refractivity contribution in [2.75, 3.05) is 12.4 Å². The number of ether oxygens (including phenoxy) is 1. The Balaban J connectivity index is 2.07. The Kier molecular flexibility index (Phi) is 4.62. The summed E-state index contributed by atoms with van der Waals surface area (Å²) in [6, 6.07) is 4.52. The van der Waals surface area contributed by atoms with Gasteiger partial charge in [-0.3, -0.25) is 4.79 Å². The number of methoxy groups -OCH3 is 1. The Hall–Kier alpha value is -1.59. The Labute approximate surface area is 122 Å². The van der Waals surface area contributed by atoms with E-state index in [0.717, 1.165) is 12.8 Å². The van der Waals surface area contributed by atoms with Crippen molar-refractivity contribution in [2.24, 2.45) is 11.7 Å². The fourth-order valence-corrected chi connectivity index (χ4v) is 2.18. The van der Waals surface area contributed by atoms with Gasteiger partial charge in [0, 0.05) is 17.5 Å². The van der Waals surface area contributed by atoms with Crippen LogP contribution in [0.5, 0.6) is 0 Å². The van der Waals surface area contributed by atoms with Crippen molar-refractivity contribution >= 4 is 29.2 Å². The fraction of sp³-hybridized carbons (Fsp3) is 0.429. The highest BCUT2D eigenvalue weighted by atomic mass is 35.5. The van der Waals surface area contributed by atoms with Crippen molar-refractivity contribution in [3.8, 4) is 0 Å². The van der Waals surface area contributed by atoms with Crippen molar-refractivity contribution in [1.82, 2.24) is 0 Å². The van der Waals surface area contributed by atoms with Gasteiger partial charge in [0.2, 0.25) is 5.91 Å². The van der Waals surface area contributed by atoms with Crippen molar-refractivity contribution in [1.29, 1.82) is 0 Å². The maximum absolute atomic E-state index is 11.9. The normalized spacial score (nSPS) is 15.6. The van der Waals surface area contributed by atoms with E-state index in [1.54, 1.807) is 12.1 Å². The number of halogens is 1. The lowest BCUT2D eigenvalue weighted by Crippen LogP contribution is -2.29. The molecule has 0 radical (unpaired) electrons. The van der Waals surface area contributed by atoms with E-state index in [4.69, 9.17) is 17.3 Å². The third kappa shape index (κ3) is 3.71. The second kappa shape index (κ2) is 6.24. The molecule has 1 aliphatic rings. The summed E-state index contributed by atoms with van der Waals surface area (Å²) in [6.45, 7) is 0. The number of hydrogen-bond donors (Lipinski definition) is 2. The summed E-state index contributed by atoms with van der Waals surface area (Å²) in [5, 5.41) is 3.09. The molecule has 0 heterocycles. The van der Waals surface area contributed by atoms with Crippen LogP contribution in [0, 0.1) is 5.92 Å². The Morgan fingerprint density at radius 2 is 2.20 bits per heavy atom. The minimum absolute atomic E-state index is 0.121. The van der Waals surface area contributed by atoms with Crippen LogP contribution in [0.25, 0.3) is 0 Å². The van der Waals surface area contributed by atoms with Crippen LogP contribution in [-0.4, -0.2) is 25.0 Å². The van der Waals surface area contributed by atoms with Crippen LogP contribution in [0.4, 0.5) is 5.69 Å². The predicted octanol–water partition coefficient (Wildman–Crippen LogP) is 2.19. The van der Waals surface area contributed by atoms with Crippen LogP contribution in [0.2, 0.25) is 5.02 Å². The summed E-state index contributed by atoms with van der Waals surface area (Å²) < 4.78 is 4.67. The van der Waals surface area contributed by atoms with Crippen LogP contribution in [-0.2, 0) is 9.53 Å². The third-order valence-electron chi connectivity index (χ3n) is 3.31. The summed E-state index contributed by atoms with van der Waals surface area (Å²) in [5.74, 6) is -0.308. The second-order valence-corrected chi connectivity index (χ2v) is 5.37. The number of esters is 1. The number of nitrogens with two attached hydrogens (primary N) is 1. The van der Waals surface area contributed by atoms with E-state index in [9.17, 15) is 9.59 Å². The van der Waals surface area contributed by atoms with Crippen LogP contribution in [0.15, 0.2) is 18.2 Å². The zero-order valence-electron chi connectivity index (χ0n) is 11.2. The number of benzene rings is 1. The molecule has 1 aromatic rings. The molecule has 0 aromatic heterocycles. The van der Waals surface area contributed by atoms with Gasteiger partial charge in [-0.2, -0.15) is 0 Å². The maximum atomic E-state index is 11.9. The molecular formula is C14H17ClN2O3. The largest absolute Gasteiger partial charge is 0.465 e. The molecule has 108 valence electrons. The van der Waals surface area contributed by atoms with E-state index in [1.807, 2.05) is 0 Å². The van der Waals surface area contributed by atoms with E-state index in [0.29, 0.717) is 16.6 Å². The molecule has 1 saturated carbocycles. The number of amides is 1. The van der Waals surface area contributed by atoms with Gasteiger partial charge in [-0.1, -0.05) is 11.6 Å². The molecule has 1 aromatic carbocycles. The second-order valence-electron chi connectivity index (χ2n) is 4.94. The van der Waals surface area contributed by atoms with Gasteiger partial charge < -0.3 is 15.8 Å². The van der Waals surface area contributed by atoms with Crippen molar-refractivity contribution < 1.29 is 14.3 Å².